The summed E-state index contributed by atoms with van der Waals surface area (Å²) in [6.07, 6.45) is -1.93. The summed E-state index contributed by atoms with van der Waals surface area (Å²) in [5.74, 6) is -1.04. The lowest BCUT2D eigenvalue weighted by molar-refractivity contribution is -0.182. The van der Waals surface area contributed by atoms with Crippen molar-refractivity contribution in [3.05, 3.63) is 63.8 Å². The molecule has 0 atom stereocenters. The predicted molar refractivity (Wildman–Crippen MR) is 101 cm³/mol. The lowest BCUT2D eigenvalue weighted by Crippen LogP contribution is -2.31. The number of halogens is 4. The Morgan fingerprint density at radius 2 is 1.71 bits per heavy atom. The lowest BCUT2D eigenvalue weighted by Gasteiger charge is -2.30. The van der Waals surface area contributed by atoms with Gasteiger partial charge in [0.1, 0.15) is 5.82 Å². The van der Waals surface area contributed by atoms with Gasteiger partial charge in [-0.1, -0.05) is 11.6 Å². The smallest absolute Gasteiger partial charge is 0.266 e. The second-order valence-corrected chi connectivity index (χ2v) is 7.48. The van der Waals surface area contributed by atoms with Crippen LogP contribution in [0, 0.1) is 5.92 Å². The third-order valence-electron chi connectivity index (χ3n) is 5.30. The fourth-order valence-corrected chi connectivity index (χ4v) is 3.95. The van der Waals surface area contributed by atoms with E-state index < -0.39 is 12.1 Å². The summed E-state index contributed by atoms with van der Waals surface area (Å²) in [5, 5.41) is 0.524. The fraction of sp³-hybridized carbons (Fsp3) is 0.350. The minimum Gasteiger partial charge on any atom is -0.266 e. The fourth-order valence-electron chi connectivity index (χ4n) is 3.83. The molecule has 1 aliphatic rings. The van der Waals surface area contributed by atoms with E-state index in [1.54, 1.807) is 36.4 Å². The number of hydrogen-bond acceptors (Lipinski definition) is 3. The first kappa shape index (κ1) is 18.9. The largest absolute Gasteiger partial charge is 0.391 e. The molecule has 0 unspecified atom stereocenters. The quantitative estimate of drug-likeness (QED) is 0.581. The highest BCUT2D eigenvalue weighted by atomic mass is 35.5. The summed E-state index contributed by atoms with van der Waals surface area (Å²) in [7, 11) is 0. The summed E-state index contributed by atoms with van der Waals surface area (Å²) in [4.78, 5) is 21.9. The van der Waals surface area contributed by atoms with Crippen LogP contribution in [-0.4, -0.2) is 20.7 Å². The van der Waals surface area contributed by atoms with Crippen molar-refractivity contribution >= 4 is 22.6 Å². The Kier molecular flexibility index (Phi) is 4.87. The Morgan fingerprint density at radius 3 is 2.36 bits per heavy atom. The van der Waals surface area contributed by atoms with Crippen LogP contribution in [0.25, 0.3) is 16.7 Å². The van der Waals surface area contributed by atoms with Crippen LogP contribution < -0.4 is 5.56 Å². The van der Waals surface area contributed by atoms with E-state index in [1.807, 2.05) is 0 Å². The van der Waals surface area contributed by atoms with E-state index in [1.165, 1.54) is 10.8 Å². The van der Waals surface area contributed by atoms with Crippen molar-refractivity contribution in [1.29, 1.82) is 0 Å². The Hall–Kier alpha value is -2.41. The Balaban J connectivity index is 1.82. The molecule has 28 heavy (non-hydrogen) atoms. The molecule has 3 aromatic rings. The van der Waals surface area contributed by atoms with Crippen molar-refractivity contribution in [3.8, 4) is 5.69 Å². The molecule has 0 radical (unpaired) electrons. The van der Waals surface area contributed by atoms with Crippen LogP contribution in [0.5, 0.6) is 0 Å². The summed E-state index contributed by atoms with van der Waals surface area (Å²) in [5.41, 5.74) is 0.916. The van der Waals surface area contributed by atoms with Crippen molar-refractivity contribution in [1.82, 2.24) is 14.5 Å². The van der Waals surface area contributed by atoms with Gasteiger partial charge in [-0.2, -0.15) is 13.2 Å². The third kappa shape index (κ3) is 3.51. The predicted octanol–water partition coefficient (Wildman–Crippen LogP) is 5.27. The number of aromatic nitrogens is 3. The highest BCUT2D eigenvalue weighted by Crippen LogP contribution is 2.42. The van der Waals surface area contributed by atoms with Crippen LogP contribution in [0.3, 0.4) is 0 Å². The van der Waals surface area contributed by atoms with E-state index in [2.05, 4.69) is 9.97 Å². The Labute approximate surface area is 164 Å². The van der Waals surface area contributed by atoms with E-state index in [-0.39, 0.29) is 29.8 Å². The van der Waals surface area contributed by atoms with Gasteiger partial charge >= 0.3 is 6.18 Å². The Morgan fingerprint density at radius 1 is 1.04 bits per heavy atom. The average Bonchev–Trinajstić information content (AvgIpc) is 2.68. The minimum absolute atomic E-state index is 0.0374. The maximum Gasteiger partial charge on any atom is 0.391 e. The maximum absolute atomic E-state index is 13.1. The SMILES string of the molecule is O=c1c2ncccc2nc(C2CCC(C(F)(F)F)CC2)n1-c1ccc(Cl)cc1. The normalized spacial score (nSPS) is 20.4. The molecule has 2 aromatic heterocycles. The maximum atomic E-state index is 13.1. The van der Waals surface area contributed by atoms with Crippen molar-refractivity contribution in [2.75, 3.05) is 0 Å². The van der Waals surface area contributed by atoms with E-state index in [4.69, 9.17) is 11.6 Å². The van der Waals surface area contributed by atoms with Crippen LogP contribution in [0.4, 0.5) is 13.2 Å². The zero-order valence-electron chi connectivity index (χ0n) is 14.8. The molecule has 4 rings (SSSR count). The second kappa shape index (κ2) is 7.20. The number of benzene rings is 1. The molecule has 0 saturated heterocycles. The van der Waals surface area contributed by atoms with Gasteiger partial charge in [0.15, 0.2) is 5.52 Å². The highest BCUT2D eigenvalue weighted by molar-refractivity contribution is 6.30. The van der Waals surface area contributed by atoms with E-state index in [0.717, 1.165) is 0 Å². The van der Waals surface area contributed by atoms with E-state index in [0.29, 0.717) is 34.9 Å². The zero-order chi connectivity index (χ0) is 19.9. The van der Waals surface area contributed by atoms with Gasteiger partial charge < -0.3 is 0 Å². The van der Waals surface area contributed by atoms with Gasteiger partial charge in [-0.25, -0.2) is 9.97 Å². The molecule has 0 N–H and O–H groups in total. The lowest BCUT2D eigenvalue weighted by atomic mass is 9.81. The molecule has 1 aliphatic carbocycles. The van der Waals surface area contributed by atoms with Crippen LogP contribution in [-0.2, 0) is 0 Å². The molecule has 4 nitrogen and oxygen atoms in total. The minimum atomic E-state index is -4.18. The van der Waals surface area contributed by atoms with Crippen molar-refractivity contribution in [3.63, 3.8) is 0 Å². The molecule has 146 valence electrons. The van der Waals surface area contributed by atoms with Gasteiger partial charge in [-0.15, -0.1) is 0 Å². The molecule has 1 saturated carbocycles. The molecule has 1 fully saturated rings. The molecule has 0 amide bonds. The number of alkyl halides is 3. The van der Waals surface area contributed by atoms with Crippen molar-refractivity contribution in [2.45, 2.75) is 37.8 Å². The first-order chi connectivity index (χ1) is 13.3. The first-order valence-corrected chi connectivity index (χ1v) is 9.42. The summed E-state index contributed by atoms with van der Waals surface area (Å²) >= 11 is 5.96. The van der Waals surface area contributed by atoms with Crippen LogP contribution in [0.15, 0.2) is 47.4 Å². The number of fused-ring (bicyclic) bond motifs is 1. The summed E-state index contributed by atoms with van der Waals surface area (Å²) in [6, 6.07) is 10.1. The zero-order valence-corrected chi connectivity index (χ0v) is 15.5. The second-order valence-electron chi connectivity index (χ2n) is 7.05. The van der Waals surface area contributed by atoms with Gasteiger partial charge in [0, 0.05) is 17.1 Å². The molecule has 0 aliphatic heterocycles. The molecular formula is C20H17ClF3N3O. The molecular weight excluding hydrogens is 391 g/mol. The van der Waals surface area contributed by atoms with Gasteiger partial charge in [-0.3, -0.25) is 9.36 Å². The highest BCUT2D eigenvalue weighted by Gasteiger charge is 2.42. The topological polar surface area (TPSA) is 47.8 Å². The third-order valence-corrected chi connectivity index (χ3v) is 5.55. The number of rotatable bonds is 2. The van der Waals surface area contributed by atoms with Gasteiger partial charge in [0.2, 0.25) is 0 Å². The van der Waals surface area contributed by atoms with Crippen LogP contribution in [0.1, 0.15) is 37.4 Å². The summed E-state index contributed by atoms with van der Waals surface area (Å²) in [6.45, 7) is 0. The van der Waals surface area contributed by atoms with Crippen LogP contribution in [0.2, 0.25) is 5.02 Å². The number of nitrogens with zero attached hydrogens (tertiary/aromatic N) is 3. The van der Waals surface area contributed by atoms with Gasteiger partial charge in [0.05, 0.1) is 17.1 Å². The van der Waals surface area contributed by atoms with Crippen molar-refractivity contribution < 1.29 is 13.2 Å². The number of pyridine rings is 1. The molecule has 8 heteroatoms. The molecule has 2 heterocycles. The molecule has 0 spiro atoms. The number of hydrogen-bond donors (Lipinski definition) is 0. The van der Waals surface area contributed by atoms with Gasteiger partial charge in [-0.05, 0) is 62.1 Å². The average molecular weight is 408 g/mol. The van der Waals surface area contributed by atoms with E-state index in [9.17, 15) is 18.0 Å². The van der Waals surface area contributed by atoms with Crippen LogP contribution >= 0.6 is 11.6 Å². The standard InChI is InChI=1S/C20H17ClF3N3O/c21-14-7-9-15(10-8-14)27-18(12-3-5-13(6-4-12)20(22,23)24)26-16-2-1-11-25-17(16)19(27)28/h1-2,7-13H,3-6H2. The van der Waals surface area contributed by atoms with E-state index >= 15 is 0 Å². The Bertz CT molecular complexity index is 1050. The monoisotopic (exact) mass is 407 g/mol. The van der Waals surface area contributed by atoms with Gasteiger partial charge in [0.25, 0.3) is 5.56 Å². The molecule has 0 bridgehead atoms. The molecule has 1 aromatic carbocycles. The summed E-state index contributed by atoms with van der Waals surface area (Å²) < 4.78 is 40.6. The first-order valence-electron chi connectivity index (χ1n) is 9.05. The van der Waals surface area contributed by atoms with Crippen molar-refractivity contribution in [2.24, 2.45) is 5.92 Å².